The van der Waals surface area contributed by atoms with Crippen molar-refractivity contribution in [2.75, 3.05) is 6.54 Å². The molecule has 3 aromatic rings. The smallest absolute Gasteiger partial charge is 0.212 e. The number of hydrogen-bond acceptors (Lipinski definition) is 5. The molecule has 19 heavy (non-hydrogen) atoms. The van der Waals surface area contributed by atoms with Gasteiger partial charge < -0.3 is 5.32 Å². The molecule has 1 aliphatic rings. The zero-order valence-electron chi connectivity index (χ0n) is 10.4. The van der Waals surface area contributed by atoms with Crippen LogP contribution in [0.1, 0.15) is 27.9 Å². The Hall–Kier alpha value is -1.24. The summed E-state index contributed by atoms with van der Waals surface area (Å²) >= 11 is 3.63. The lowest BCUT2D eigenvalue weighted by atomic mass is 10.0. The lowest BCUT2D eigenvalue weighted by Crippen LogP contribution is -2.29. The van der Waals surface area contributed by atoms with Gasteiger partial charge in [0, 0.05) is 28.8 Å². The van der Waals surface area contributed by atoms with Crippen LogP contribution in [0.25, 0.3) is 4.96 Å². The van der Waals surface area contributed by atoms with E-state index in [1.54, 1.807) is 17.7 Å². The summed E-state index contributed by atoms with van der Waals surface area (Å²) in [5.74, 6) is 0. The molecule has 0 fully saturated rings. The highest BCUT2D eigenvalue weighted by Crippen LogP contribution is 2.33. The highest BCUT2D eigenvalue weighted by atomic mass is 32.1. The molecule has 1 unspecified atom stereocenters. The predicted molar refractivity (Wildman–Crippen MR) is 78.0 cm³/mol. The van der Waals surface area contributed by atoms with E-state index < -0.39 is 0 Å². The van der Waals surface area contributed by atoms with E-state index in [-0.39, 0.29) is 0 Å². The molecule has 98 valence electrons. The fourth-order valence-electron chi connectivity index (χ4n) is 2.68. The van der Waals surface area contributed by atoms with E-state index in [9.17, 15) is 0 Å². The SMILES string of the molecule is c1csc(CCC2NCCc3c2sc2ncnn32)c1. The van der Waals surface area contributed by atoms with Crippen LogP contribution in [0.3, 0.4) is 0 Å². The minimum absolute atomic E-state index is 0.458. The Morgan fingerprint density at radius 1 is 1.47 bits per heavy atom. The number of aromatic nitrogens is 3. The fraction of sp³-hybridized carbons (Fsp3) is 0.385. The van der Waals surface area contributed by atoms with Gasteiger partial charge >= 0.3 is 0 Å². The number of fused-ring (bicyclic) bond motifs is 3. The number of nitrogens with one attached hydrogen (secondary N) is 1. The van der Waals surface area contributed by atoms with E-state index in [1.165, 1.54) is 15.4 Å². The zero-order valence-corrected chi connectivity index (χ0v) is 12.0. The van der Waals surface area contributed by atoms with E-state index in [0.29, 0.717) is 6.04 Å². The van der Waals surface area contributed by atoms with Gasteiger partial charge in [0.05, 0.1) is 5.69 Å². The molecule has 0 radical (unpaired) electrons. The van der Waals surface area contributed by atoms with E-state index in [4.69, 9.17) is 0 Å². The first-order valence-corrected chi connectivity index (χ1v) is 8.18. The van der Waals surface area contributed by atoms with Crippen molar-refractivity contribution in [1.82, 2.24) is 19.9 Å². The maximum atomic E-state index is 4.33. The standard InChI is InChI=1S/C13H14N4S2/c1-2-9(18-7-1)3-4-10-12-11(5-6-14-10)17-13(19-12)15-8-16-17/h1-2,7-8,10,14H,3-6H2. The summed E-state index contributed by atoms with van der Waals surface area (Å²) < 4.78 is 2.01. The van der Waals surface area contributed by atoms with Gasteiger partial charge in [0.1, 0.15) is 6.33 Å². The van der Waals surface area contributed by atoms with Gasteiger partial charge in [-0.1, -0.05) is 17.4 Å². The van der Waals surface area contributed by atoms with Gasteiger partial charge in [0.15, 0.2) is 0 Å². The van der Waals surface area contributed by atoms with Crippen molar-refractivity contribution < 1.29 is 0 Å². The number of nitrogens with zero attached hydrogens (tertiary/aromatic N) is 3. The summed E-state index contributed by atoms with van der Waals surface area (Å²) in [5, 5.41) is 10.1. The number of hydrogen-bond donors (Lipinski definition) is 1. The molecule has 0 saturated carbocycles. The van der Waals surface area contributed by atoms with Crippen LogP contribution in [0.15, 0.2) is 23.8 Å². The number of thiazole rings is 1. The van der Waals surface area contributed by atoms with Crippen molar-refractivity contribution in [3.05, 3.63) is 39.3 Å². The molecule has 1 atom stereocenters. The average molecular weight is 290 g/mol. The van der Waals surface area contributed by atoms with Crippen LogP contribution in [0.2, 0.25) is 0 Å². The molecule has 4 rings (SSSR count). The lowest BCUT2D eigenvalue weighted by Gasteiger charge is -2.23. The third-order valence-corrected chi connectivity index (χ3v) is 5.72. The summed E-state index contributed by atoms with van der Waals surface area (Å²) in [7, 11) is 0. The van der Waals surface area contributed by atoms with Crippen molar-refractivity contribution >= 4 is 27.6 Å². The van der Waals surface area contributed by atoms with E-state index >= 15 is 0 Å². The number of rotatable bonds is 3. The van der Waals surface area contributed by atoms with Gasteiger partial charge in [-0.15, -0.1) is 11.3 Å². The largest absolute Gasteiger partial charge is 0.309 e. The van der Waals surface area contributed by atoms with Crippen LogP contribution in [0.5, 0.6) is 0 Å². The normalized spacial score (nSPS) is 18.8. The van der Waals surface area contributed by atoms with Gasteiger partial charge in [0.25, 0.3) is 0 Å². The Morgan fingerprint density at radius 2 is 2.47 bits per heavy atom. The average Bonchev–Trinajstić information content (AvgIpc) is 3.13. The maximum Gasteiger partial charge on any atom is 0.212 e. The van der Waals surface area contributed by atoms with Crippen LogP contribution >= 0.6 is 22.7 Å². The van der Waals surface area contributed by atoms with Crippen molar-refractivity contribution in [2.45, 2.75) is 25.3 Å². The van der Waals surface area contributed by atoms with Crippen LogP contribution in [-0.4, -0.2) is 21.1 Å². The minimum Gasteiger partial charge on any atom is -0.309 e. The van der Waals surface area contributed by atoms with Crippen LogP contribution in [-0.2, 0) is 12.8 Å². The summed E-state index contributed by atoms with van der Waals surface area (Å²) in [5.41, 5.74) is 1.35. The summed E-state index contributed by atoms with van der Waals surface area (Å²) in [6.45, 7) is 1.04. The summed E-state index contributed by atoms with van der Waals surface area (Å²) in [6, 6.07) is 4.80. The minimum atomic E-state index is 0.458. The van der Waals surface area contributed by atoms with Crippen molar-refractivity contribution in [3.8, 4) is 0 Å². The summed E-state index contributed by atoms with van der Waals surface area (Å²) in [4.78, 5) is 8.23. The second-order valence-electron chi connectivity index (χ2n) is 4.74. The molecule has 3 aromatic heterocycles. The molecule has 1 N–H and O–H groups in total. The highest BCUT2D eigenvalue weighted by molar-refractivity contribution is 7.17. The third kappa shape index (κ3) is 2.00. The number of aryl methyl sites for hydroxylation is 1. The molecule has 6 heteroatoms. The highest BCUT2D eigenvalue weighted by Gasteiger charge is 2.25. The van der Waals surface area contributed by atoms with Crippen molar-refractivity contribution in [2.24, 2.45) is 0 Å². The Labute approximate surface area is 119 Å². The van der Waals surface area contributed by atoms with Crippen molar-refractivity contribution in [1.29, 1.82) is 0 Å². The lowest BCUT2D eigenvalue weighted by molar-refractivity contribution is 0.476. The second-order valence-corrected chi connectivity index (χ2v) is 6.78. The molecule has 0 spiro atoms. The van der Waals surface area contributed by atoms with E-state index in [0.717, 1.165) is 30.8 Å². The first-order chi connectivity index (χ1) is 9.42. The van der Waals surface area contributed by atoms with Crippen LogP contribution < -0.4 is 5.32 Å². The Bertz CT molecular complexity index is 683. The third-order valence-electron chi connectivity index (χ3n) is 3.59. The first-order valence-electron chi connectivity index (χ1n) is 6.49. The Balaban J connectivity index is 1.61. The van der Waals surface area contributed by atoms with Crippen LogP contribution in [0, 0.1) is 0 Å². The predicted octanol–water partition coefficient (Wildman–Crippen LogP) is 2.67. The first kappa shape index (κ1) is 11.6. The van der Waals surface area contributed by atoms with E-state index in [2.05, 4.69) is 32.9 Å². The Morgan fingerprint density at radius 3 is 3.37 bits per heavy atom. The maximum absolute atomic E-state index is 4.33. The quantitative estimate of drug-likeness (QED) is 0.806. The van der Waals surface area contributed by atoms with Gasteiger partial charge in [-0.25, -0.2) is 9.50 Å². The molecule has 1 aliphatic heterocycles. The summed E-state index contributed by atoms with van der Waals surface area (Å²) in [6.07, 6.45) is 4.99. The monoisotopic (exact) mass is 290 g/mol. The molecule has 0 saturated heterocycles. The number of thiophene rings is 1. The van der Waals surface area contributed by atoms with Gasteiger partial charge in [-0.3, -0.25) is 0 Å². The van der Waals surface area contributed by atoms with E-state index in [1.807, 2.05) is 15.9 Å². The molecule has 4 nitrogen and oxygen atoms in total. The molecule has 0 aromatic carbocycles. The topological polar surface area (TPSA) is 42.2 Å². The molecular weight excluding hydrogens is 276 g/mol. The molecular formula is C13H14N4S2. The molecule has 0 bridgehead atoms. The van der Waals surface area contributed by atoms with Crippen LogP contribution in [0.4, 0.5) is 0 Å². The van der Waals surface area contributed by atoms with Gasteiger partial charge in [-0.05, 0) is 24.3 Å². The fourth-order valence-corrected chi connectivity index (χ4v) is 4.60. The second kappa shape index (κ2) is 4.70. The zero-order chi connectivity index (χ0) is 12.7. The Kier molecular flexibility index (Phi) is 2.86. The molecule has 4 heterocycles. The molecule has 0 aliphatic carbocycles. The van der Waals surface area contributed by atoms with Gasteiger partial charge in [-0.2, -0.15) is 5.10 Å². The van der Waals surface area contributed by atoms with Gasteiger partial charge in [0.2, 0.25) is 4.96 Å². The van der Waals surface area contributed by atoms with Crippen molar-refractivity contribution in [3.63, 3.8) is 0 Å². The molecule has 0 amide bonds.